The Hall–Kier alpha value is -3.07. The lowest BCUT2D eigenvalue weighted by Gasteiger charge is -2.06. The molecule has 0 unspecified atom stereocenters. The lowest BCUT2D eigenvalue weighted by Crippen LogP contribution is -1.95. The van der Waals surface area contributed by atoms with Crippen molar-refractivity contribution in [3.05, 3.63) is 85.7 Å². The molecule has 3 aromatic rings. The standard InChI is InChI=1S/C19H15N3/c1-3-14(2)16-10-7-11-17(12-16)19-21-13-20-18(22-19)15-8-5-4-6-9-15/h3-13H,1-2H2. The third-order valence-electron chi connectivity index (χ3n) is 3.34. The second-order valence-corrected chi connectivity index (χ2v) is 4.81. The van der Waals surface area contributed by atoms with Gasteiger partial charge in [-0.2, -0.15) is 0 Å². The van der Waals surface area contributed by atoms with Gasteiger partial charge in [0.25, 0.3) is 0 Å². The van der Waals surface area contributed by atoms with Gasteiger partial charge in [0, 0.05) is 11.1 Å². The number of benzene rings is 2. The number of hydrogen-bond donors (Lipinski definition) is 0. The first kappa shape index (κ1) is 13.9. The predicted molar refractivity (Wildman–Crippen MR) is 89.9 cm³/mol. The zero-order valence-corrected chi connectivity index (χ0v) is 12.1. The first-order valence-electron chi connectivity index (χ1n) is 6.94. The van der Waals surface area contributed by atoms with Gasteiger partial charge in [0.1, 0.15) is 6.33 Å². The maximum atomic E-state index is 4.56. The molecule has 0 N–H and O–H groups in total. The van der Waals surface area contributed by atoms with Crippen molar-refractivity contribution in [2.45, 2.75) is 0 Å². The van der Waals surface area contributed by atoms with Crippen molar-refractivity contribution >= 4 is 5.57 Å². The fourth-order valence-corrected chi connectivity index (χ4v) is 2.14. The zero-order valence-electron chi connectivity index (χ0n) is 12.1. The molecule has 3 heteroatoms. The van der Waals surface area contributed by atoms with Crippen molar-refractivity contribution in [3.63, 3.8) is 0 Å². The van der Waals surface area contributed by atoms with Gasteiger partial charge in [0.15, 0.2) is 11.6 Å². The van der Waals surface area contributed by atoms with Crippen LogP contribution in [0.25, 0.3) is 28.3 Å². The molecule has 106 valence electrons. The SMILES string of the molecule is C=CC(=C)c1cccc(-c2ncnc(-c3ccccc3)n2)c1. The minimum absolute atomic E-state index is 0.646. The summed E-state index contributed by atoms with van der Waals surface area (Å²) in [4.78, 5) is 13.1. The number of nitrogens with zero attached hydrogens (tertiary/aromatic N) is 3. The van der Waals surface area contributed by atoms with E-state index in [1.165, 1.54) is 0 Å². The Kier molecular flexibility index (Phi) is 3.88. The summed E-state index contributed by atoms with van der Waals surface area (Å²) < 4.78 is 0. The van der Waals surface area contributed by atoms with E-state index in [1.807, 2.05) is 54.6 Å². The van der Waals surface area contributed by atoms with Crippen LogP contribution in [0, 0.1) is 0 Å². The van der Waals surface area contributed by atoms with Crippen LogP contribution in [0.5, 0.6) is 0 Å². The Morgan fingerprint density at radius 1 is 0.864 bits per heavy atom. The lowest BCUT2D eigenvalue weighted by atomic mass is 10.0. The average molecular weight is 285 g/mol. The van der Waals surface area contributed by atoms with E-state index < -0.39 is 0 Å². The predicted octanol–water partition coefficient (Wildman–Crippen LogP) is 4.40. The van der Waals surface area contributed by atoms with Crippen LogP contribution in [0.1, 0.15) is 5.56 Å². The molecular formula is C19H15N3. The van der Waals surface area contributed by atoms with Crippen molar-refractivity contribution in [3.8, 4) is 22.8 Å². The van der Waals surface area contributed by atoms with Crippen molar-refractivity contribution in [1.82, 2.24) is 15.0 Å². The zero-order chi connectivity index (χ0) is 15.4. The first-order chi connectivity index (χ1) is 10.8. The van der Waals surface area contributed by atoms with Gasteiger partial charge in [0.2, 0.25) is 0 Å². The Labute approximate surface area is 129 Å². The van der Waals surface area contributed by atoms with Gasteiger partial charge in [-0.15, -0.1) is 0 Å². The quantitative estimate of drug-likeness (QED) is 0.667. The summed E-state index contributed by atoms with van der Waals surface area (Å²) >= 11 is 0. The van der Waals surface area contributed by atoms with Crippen LogP contribution in [0.15, 0.2) is 80.2 Å². The minimum atomic E-state index is 0.646. The summed E-state index contributed by atoms with van der Waals surface area (Å²) in [6.45, 7) is 7.72. The van der Waals surface area contributed by atoms with E-state index in [0.717, 1.165) is 22.3 Å². The summed E-state index contributed by atoms with van der Waals surface area (Å²) in [5.41, 5.74) is 3.78. The second-order valence-electron chi connectivity index (χ2n) is 4.81. The maximum absolute atomic E-state index is 4.56. The maximum Gasteiger partial charge on any atom is 0.163 e. The lowest BCUT2D eigenvalue weighted by molar-refractivity contribution is 1.06. The van der Waals surface area contributed by atoms with Crippen molar-refractivity contribution in [1.29, 1.82) is 0 Å². The molecule has 0 aliphatic rings. The first-order valence-corrected chi connectivity index (χ1v) is 6.94. The Morgan fingerprint density at radius 3 is 2.27 bits per heavy atom. The van der Waals surface area contributed by atoms with Gasteiger partial charge in [0.05, 0.1) is 0 Å². The molecule has 3 rings (SSSR count). The van der Waals surface area contributed by atoms with Gasteiger partial charge in [-0.1, -0.05) is 67.8 Å². The summed E-state index contributed by atoms with van der Waals surface area (Å²) in [5.74, 6) is 1.31. The highest BCUT2D eigenvalue weighted by Crippen LogP contribution is 2.22. The third kappa shape index (κ3) is 2.83. The van der Waals surface area contributed by atoms with Gasteiger partial charge in [-0.25, -0.2) is 15.0 Å². The fourth-order valence-electron chi connectivity index (χ4n) is 2.14. The molecule has 0 aliphatic heterocycles. The van der Waals surface area contributed by atoms with Crippen molar-refractivity contribution in [2.24, 2.45) is 0 Å². The Balaban J connectivity index is 2.03. The highest BCUT2D eigenvalue weighted by atomic mass is 15.0. The minimum Gasteiger partial charge on any atom is -0.217 e. The summed E-state index contributed by atoms with van der Waals surface area (Å²) in [6, 6.07) is 17.8. The van der Waals surface area contributed by atoms with Crippen LogP contribution in [0.2, 0.25) is 0 Å². The number of rotatable bonds is 4. The smallest absolute Gasteiger partial charge is 0.163 e. The molecule has 1 heterocycles. The molecule has 0 saturated heterocycles. The molecule has 0 radical (unpaired) electrons. The van der Waals surface area contributed by atoms with Gasteiger partial charge in [-0.05, 0) is 17.2 Å². The molecule has 1 aromatic heterocycles. The molecule has 0 bridgehead atoms. The molecule has 0 spiro atoms. The summed E-state index contributed by atoms with van der Waals surface area (Å²) in [6.07, 6.45) is 3.28. The molecule has 0 atom stereocenters. The van der Waals surface area contributed by atoms with Crippen molar-refractivity contribution < 1.29 is 0 Å². The highest BCUT2D eigenvalue weighted by Gasteiger charge is 2.06. The van der Waals surface area contributed by atoms with Gasteiger partial charge >= 0.3 is 0 Å². The van der Waals surface area contributed by atoms with Crippen LogP contribution >= 0.6 is 0 Å². The van der Waals surface area contributed by atoms with E-state index in [-0.39, 0.29) is 0 Å². The molecule has 3 nitrogen and oxygen atoms in total. The largest absolute Gasteiger partial charge is 0.217 e. The topological polar surface area (TPSA) is 38.7 Å². The summed E-state index contributed by atoms with van der Waals surface area (Å²) in [5, 5.41) is 0. The average Bonchev–Trinajstić information content (AvgIpc) is 2.62. The summed E-state index contributed by atoms with van der Waals surface area (Å²) in [7, 11) is 0. The normalized spacial score (nSPS) is 10.2. The molecule has 0 aliphatic carbocycles. The fraction of sp³-hybridized carbons (Fsp3) is 0. The van der Waals surface area contributed by atoms with E-state index in [1.54, 1.807) is 12.4 Å². The monoisotopic (exact) mass is 285 g/mol. The van der Waals surface area contributed by atoms with Crippen LogP contribution < -0.4 is 0 Å². The van der Waals surface area contributed by atoms with Crippen LogP contribution in [0.3, 0.4) is 0 Å². The molecule has 22 heavy (non-hydrogen) atoms. The van der Waals surface area contributed by atoms with E-state index in [0.29, 0.717) is 11.6 Å². The van der Waals surface area contributed by atoms with Crippen LogP contribution in [-0.4, -0.2) is 15.0 Å². The van der Waals surface area contributed by atoms with Gasteiger partial charge in [-0.3, -0.25) is 0 Å². The van der Waals surface area contributed by atoms with Gasteiger partial charge < -0.3 is 0 Å². The number of aromatic nitrogens is 3. The van der Waals surface area contributed by atoms with E-state index in [4.69, 9.17) is 0 Å². The van der Waals surface area contributed by atoms with E-state index in [9.17, 15) is 0 Å². The second kappa shape index (κ2) is 6.14. The van der Waals surface area contributed by atoms with Crippen LogP contribution in [0.4, 0.5) is 0 Å². The van der Waals surface area contributed by atoms with E-state index >= 15 is 0 Å². The number of allylic oxidation sites excluding steroid dienone is 2. The van der Waals surface area contributed by atoms with Crippen molar-refractivity contribution in [2.75, 3.05) is 0 Å². The Bertz CT molecular complexity index is 823. The number of hydrogen-bond acceptors (Lipinski definition) is 3. The molecule has 0 amide bonds. The molecule has 0 fully saturated rings. The van der Waals surface area contributed by atoms with E-state index in [2.05, 4.69) is 28.1 Å². The Morgan fingerprint density at radius 2 is 1.55 bits per heavy atom. The third-order valence-corrected chi connectivity index (χ3v) is 3.34. The highest BCUT2D eigenvalue weighted by molar-refractivity contribution is 5.74. The molecular weight excluding hydrogens is 270 g/mol. The van der Waals surface area contributed by atoms with Crippen LogP contribution in [-0.2, 0) is 0 Å². The molecule has 2 aromatic carbocycles. The molecule has 0 saturated carbocycles.